The van der Waals surface area contributed by atoms with E-state index in [9.17, 15) is 0 Å². The molecule has 2 heterocycles. The minimum Gasteiger partial charge on any atom is -0.344 e. The number of hydrogen-bond acceptors (Lipinski definition) is 3. The van der Waals surface area contributed by atoms with Crippen LogP contribution >= 0.6 is 0 Å². The summed E-state index contributed by atoms with van der Waals surface area (Å²) in [6.45, 7) is 2.20. The van der Waals surface area contributed by atoms with Crippen molar-refractivity contribution >= 4 is 33.5 Å². The highest BCUT2D eigenvalue weighted by molar-refractivity contribution is 6.18. The van der Waals surface area contributed by atoms with E-state index in [1.165, 1.54) is 49.6 Å². The van der Waals surface area contributed by atoms with E-state index in [4.69, 9.17) is 9.98 Å². The van der Waals surface area contributed by atoms with Crippen LogP contribution in [0.4, 0.5) is 0 Å². The van der Waals surface area contributed by atoms with Crippen molar-refractivity contribution in [3.05, 3.63) is 198 Å². The fraction of sp³-hybridized carbons (Fsp3) is 0.0435. The highest BCUT2D eigenvalue weighted by Crippen LogP contribution is 2.41. The Hall–Kier alpha value is -6.52. The molecule has 0 saturated carbocycles. The first-order valence-corrected chi connectivity index (χ1v) is 17.0. The third kappa shape index (κ3) is 5.28. The van der Waals surface area contributed by atoms with Gasteiger partial charge in [0.15, 0.2) is 5.84 Å². The molecule has 0 radical (unpaired) electrons. The molecule has 4 nitrogen and oxygen atoms in total. The molecule has 238 valence electrons. The molecule has 1 aliphatic heterocycles. The zero-order valence-electron chi connectivity index (χ0n) is 27.7. The molecule has 50 heavy (non-hydrogen) atoms. The Morgan fingerprint density at radius 2 is 1.18 bits per heavy atom. The van der Waals surface area contributed by atoms with E-state index >= 15 is 0 Å². The lowest BCUT2D eigenvalue weighted by Gasteiger charge is -2.24. The maximum absolute atomic E-state index is 5.12. The Balaban J connectivity index is 1.24. The van der Waals surface area contributed by atoms with Crippen LogP contribution < -0.4 is 5.32 Å². The van der Waals surface area contributed by atoms with Gasteiger partial charge >= 0.3 is 0 Å². The molecule has 0 spiro atoms. The van der Waals surface area contributed by atoms with Gasteiger partial charge in [0.25, 0.3) is 0 Å². The lowest BCUT2D eigenvalue weighted by atomic mass is 9.93. The summed E-state index contributed by atoms with van der Waals surface area (Å²) in [5.41, 5.74) is 12.6. The maximum Gasteiger partial charge on any atom is 0.159 e. The highest BCUT2D eigenvalue weighted by Gasteiger charge is 2.23. The summed E-state index contributed by atoms with van der Waals surface area (Å²) in [7, 11) is 0. The monoisotopic (exact) mass is 642 g/mol. The van der Waals surface area contributed by atoms with Gasteiger partial charge in [-0.25, -0.2) is 9.98 Å². The van der Waals surface area contributed by atoms with Crippen LogP contribution in [0.25, 0.3) is 49.7 Å². The first-order valence-electron chi connectivity index (χ1n) is 17.0. The number of aryl methyl sites for hydroxylation is 1. The van der Waals surface area contributed by atoms with Gasteiger partial charge in [0.1, 0.15) is 12.0 Å². The van der Waals surface area contributed by atoms with Crippen molar-refractivity contribution in [1.29, 1.82) is 0 Å². The van der Waals surface area contributed by atoms with Crippen molar-refractivity contribution in [3.63, 3.8) is 0 Å². The lowest BCUT2D eigenvalue weighted by molar-refractivity contribution is 0.674. The number of fused-ring (bicyclic) bond motifs is 3. The molecule has 0 fully saturated rings. The van der Waals surface area contributed by atoms with Crippen LogP contribution in [0.2, 0.25) is 0 Å². The molecule has 1 N–H and O–H groups in total. The van der Waals surface area contributed by atoms with E-state index < -0.39 is 0 Å². The molecular formula is C46H34N4. The standard InChI is InChI=1S/C46H34N4/c1-31-25-26-36(46-48-44(33-17-8-3-9-18-33)47-45(49-46)34-19-10-4-11-20-34)30-39(31)38-23-14-24-42-43(38)40-29-35(32-15-6-2-7-16-32)27-28-41(40)50(42)37-21-12-5-13-22-37/h2-30,44H,1H3,(H,47,48,49). The zero-order chi connectivity index (χ0) is 33.4. The molecule has 0 aliphatic carbocycles. The third-order valence-electron chi connectivity index (χ3n) is 9.60. The number of hydrogen-bond donors (Lipinski definition) is 1. The fourth-order valence-electron chi connectivity index (χ4n) is 7.14. The summed E-state index contributed by atoms with van der Waals surface area (Å²) >= 11 is 0. The minimum absolute atomic E-state index is 0.257. The van der Waals surface area contributed by atoms with Crippen molar-refractivity contribution in [2.45, 2.75) is 13.1 Å². The van der Waals surface area contributed by atoms with Crippen LogP contribution in [-0.2, 0) is 0 Å². The Labute approximate surface area is 291 Å². The minimum atomic E-state index is -0.257. The summed E-state index contributed by atoms with van der Waals surface area (Å²) < 4.78 is 2.39. The highest BCUT2D eigenvalue weighted by atomic mass is 15.2. The van der Waals surface area contributed by atoms with Crippen molar-refractivity contribution in [2.24, 2.45) is 9.98 Å². The zero-order valence-corrected chi connectivity index (χ0v) is 27.7. The van der Waals surface area contributed by atoms with Crippen LogP contribution in [0.3, 0.4) is 0 Å². The average Bonchev–Trinajstić information content (AvgIpc) is 3.53. The summed E-state index contributed by atoms with van der Waals surface area (Å²) in [6.07, 6.45) is -0.257. The van der Waals surface area contributed by atoms with Gasteiger partial charge in [-0.3, -0.25) is 0 Å². The number of aliphatic imine (C=N–C) groups is 2. The first-order chi connectivity index (χ1) is 24.7. The Morgan fingerprint density at radius 3 is 1.92 bits per heavy atom. The molecule has 8 aromatic rings. The Bertz CT molecular complexity index is 2550. The third-order valence-corrected chi connectivity index (χ3v) is 9.60. The topological polar surface area (TPSA) is 41.7 Å². The predicted octanol–water partition coefficient (Wildman–Crippen LogP) is 10.9. The summed E-state index contributed by atoms with van der Waals surface area (Å²) in [6, 6.07) is 62.1. The largest absolute Gasteiger partial charge is 0.344 e. The van der Waals surface area contributed by atoms with E-state index in [-0.39, 0.29) is 6.17 Å². The second kappa shape index (κ2) is 12.5. The van der Waals surface area contributed by atoms with Gasteiger partial charge in [0, 0.05) is 27.6 Å². The number of nitrogens with one attached hydrogen (secondary N) is 1. The summed E-state index contributed by atoms with van der Waals surface area (Å²) in [5.74, 6) is 1.52. The van der Waals surface area contributed by atoms with Gasteiger partial charge in [-0.15, -0.1) is 0 Å². The Morgan fingerprint density at radius 1 is 0.520 bits per heavy atom. The van der Waals surface area contributed by atoms with Crippen molar-refractivity contribution in [1.82, 2.24) is 9.88 Å². The van der Waals surface area contributed by atoms with Crippen molar-refractivity contribution in [3.8, 4) is 27.9 Å². The molecule has 1 aromatic heterocycles. The number of aromatic nitrogens is 1. The average molecular weight is 643 g/mol. The second-order valence-electron chi connectivity index (χ2n) is 12.7. The van der Waals surface area contributed by atoms with E-state index in [2.05, 4.69) is 168 Å². The SMILES string of the molecule is Cc1ccc(C2=NC(c3ccccc3)=NC(c3ccccc3)N2)cc1-c1cccc2c1c1cc(-c3ccccc3)ccc1n2-c1ccccc1. The Kier molecular flexibility index (Phi) is 7.40. The van der Waals surface area contributed by atoms with Gasteiger partial charge < -0.3 is 9.88 Å². The maximum atomic E-state index is 5.12. The van der Waals surface area contributed by atoms with Crippen LogP contribution in [0.15, 0.2) is 186 Å². The molecule has 9 rings (SSSR count). The van der Waals surface area contributed by atoms with E-state index in [1.807, 2.05) is 24.3 Å². The molecule has 4 heteroatoms. The fourth-order valence-corrected chi connectivity index (χ4v) is 7.14. The predicted molar refractivity (Wildman–Crippen MR) is 208 cm³/mol. The van der Waals surface area contributed by atoms with Crippen LogP contribution in [0.1, 0.15) is 28.4 Å². The van der Waals surface area contributed by atoms with E-state index in [0.717, 1.165) is 34.0 Å². The summed E-state index contributed by atoms with van der Waals surface area (Å²) in [4.78, 5) is 10.2. The number of para-hydroxylation sites is 1. The van der Waals surface area contributed by atoms with Gasteiger partial charge in [0.2, 0.25) is 0 Å². The van der Waals surface area contributed by atoms with Gasteiger partial charge in [-0.1, -0.05) is 140 Å². The van der Waals surface area contributed by atoms with Crippen LogP contribution in [0.5, 0.6) is 0 Å². The normalized spacial score (nSPS) is 14.3. The smallest absolute Gasteiger partial charge is 0.159 e. The van der Waals surface area contributed by atoms with Gasteiger partial charge in [0.05, 0.1) is 11.0 Å². The van der Waals surface area contributed by atoms with E-state index in [0.29, 0.717) is 0 Å². The van der Waals surface area contributed by atoms with Gasteiger partial charge in [-0.2, -0.15) is 0 Å². The molecule has 1 unspecified atom stereocenters. The molecular weight excluding hydrogens is 609 g/mol. The summed E-state index contributed by atoms with van der Waals surface area (Å²) in [5, 5.41) is 6.12. The molecule has 0 saturated heterocycles. The van der Waals surface area contributed by atoms with E-state index in [1.54, 1.807) is 0 Å². The first kappa shape index (κ1) is 29.6. The van der Waals surface area contributed by atoms with Crippen LogP contribution in [0, 0.1) is 6.92 Å². The molecule has 0 amide bonds. The number of amidine groups is 2. The molecule has 1 atom stereocenters. The quantitative estimate of drug-likeness (QED) is 0.193. The lowest BCUT2D eigenvalue weighted by Crippen LogP contribution is -2.33. The second-order valence-corrected chi connectivity index (χ2v) is 12.7. The number of benzene rings is 7. The molecule has 1 aliphatic rings. The van der Waals surface area contributed by atoms with Crippen LogP contribution in [-0.4, -0.2) is 16.2 Å². The van der Waals surface area contributed by atoms with Crippen molar-refractivity contribution in [2.75, 3.05) is 0 Å². The number of rotatable bonds is 6. The van der Waals surface area contributed by atoms with Gasteiger partial charge in [-0.05, 0) is 76.7 Å². The molecule has 7 aromatic carbocycles. The van der Waals surface area contributed by atoms with Crippen molar-refractivity contribution < 1.29 is 0 Å². The number of nitrogens with zero attached hydrogens (tertiary/aromatic N) is 3. The molecule has 0 bridgehead atoms.